The molecule has 0 amide bonds. The van der Waals surface area contributed by atoms with Gasteiger partial charge in [0.15, 0.2) is 0 Å². The molecule has 2 fully saturated rings. The smallest absolute Gasteiger partial charge is 0.304 e. The lowest BCUT2D eigenvalue weighted by Crippen LogP contribution is -2.33. The second-order valence-electron chi connectivity index (χ2n) is 8.65. The fourth-order valence-electron chi connectivity index (χ4n) is 5.22. The topological polar surface area (TPSA) is 55.8 Å². The number of carboxylic acids is 1. The molecule has 0 aromatic heterocycles. The second-order valence-corrected chi connectivity index (χ2v) is 8.65. The Kier molecular flexibility index (Phi) is 7.17. The van der Waals surface area contributed by atoms with Gasteiger partial charge in [0.2, 0.25) is 0 Å². The molecule has 150 valence electrons. The van der Waals surface area contributed by atoms with Crippen LogP contribution >= 0.6 is 0 Å². The van der Waals surface area contributed by atoms with Gasteiger partial charge in [-0.25, -0.2) is 0 Å². The van der Waals surface area contributed by atoms with E-state index in [9.17, 15) is 4.79 Å². The lowest BCUT2D eigenvalue weighted by atomic mass is 9.63. The monoisotopic (exact) mass is 374 g/mol. The molecule has 3 rings (SSSR count). The van der Waals surface area contributed by atoms with Crippen molar-refractivity contribution >= 4 is 5.97 Å². The van der Waals surface area contributed by atoms with Gasteiger partial charge in [0, 0.05) is 13.0 Å². The summed E-state index contributed by atoms with van der Waals surface area (Å²) in [4.78, 5) is 11.1. The Morgan fingerprint density at radius 1 is 1.15 bits per heavy atom. The number of benzene rings is 1. The highest BCUT2D eigenvalue weighted by molar-refractivity contribution is 5.68. The fourth-order valence-corrected chi connectivity index (χ4v) is 5.22. The molecular weight excluding hydrogens is 340 g/mol. The van der Waals surface area contributed by atoms with Crippen LogP contribution in [0.25, 0.3) is 0 Å². The molecule has 2 aliphatic carbocycles. The molecule has 2 aliphatic rings. The average molecular weight is 375 g/mol. The molecule has 0 bridgehead atoms. The second kappa shape index (κ2) is 9.59. The van der Waals surface area contributed by atoms with Crippen LogP contribution < -0.4 is 4.74 Å². The van der Waals surface area contributed by atoms with E-state index in [0.29, 0.717) is 17.9 Å². The first-order valence-electron chi connectivity index (χ1n) is 10.5. The van der Waals surface area contributed by atoms with E-state index in [0.717, 1.165) is 17.9 Å². The number of carboxylic acid groups (broad SMARTS) is 1. The van der Waals surface area contributed by atoms with Crippen molar-refractivity contribution in [1.29, 1.82) is 0 Å². The maximum absolute atomic E-state index is 11.1. The highest BCUT2D eigenvalue weighted by Gasteiger charge is 2.37. The van der Waals surface area contributed by atoms with Gasteiger partial charge in [-0.3, -0.25) is 4.79 Å². The van der Waals surface area contributed by atoms with Crippen LogP contribution in [-0.4, -0.2) is 31.4 Å². The van der Waals surface area contributed by atoms with Crippen molar-refractivity contribution in [3.8, 4) is 5.75 Å². The molecule has 1 N–H and O–H groups in total. The van der Waals surface area contributed by atoms with Crippen molar-refractivity contribution in [1.82, 2.24) is 0 Å². The van der Waals surface area contributed by atoms with Crippen LogP contribution in [0.4, 0.5) is 0 Å². The van der Waals surface area contributed by atoms with Gasteiger partial charge < -0.3 is 14.6 Å². The Labute approximate surface area is 163 Å². The van der Waals surface area contributed by atoms with Crippen molar-refractivity contribution < 1.29 is 19.4 Å². The lowest BCUT2D eigenvalue weighted by molar-refractivity contribution is -0.137. The number of methoxy groups -OCH3 is 1. The summed E-state index contributed by atoms with van der Waals surface area (Å²) in [5, 5.41) is 9.08. The molecule has 2 saturated carbocycles. The van der Waals surface area contributed by atoms with E-state index in [-0.39, 0.29) is 12.3 Å². The molecular formula is C23H34O4. The maximum atomic E-state index is 11.1. The molecule has 0 aliphatic heterocycles. The molecule has 1 aromatic carbocycles. The lowest BCUT2D eigenvalue weighted by Gasteiger charge is -2.43. The van der Waals surface area contributed by atoms with Gasteiger partial charge in [0.05, 0.1) is 19.6 Å². The van der Waals surface area contributed by atoms with Gasteiger partial charge in [-0.15, -0.1) is 0 Å². The van der Waals surface area contributed by atoms with Gasteiger partial charge in [-0.1, -0.05) is 37.8 Å². The molecule has 4 nitrogen and oxygen atoms in total. The molecule has 0 saturated heterocycles. The van der Waals surface area contributed by atoms with E-state index in [2.05, 4.69) is 0 Å². The fraction of sp³-hybridized carbons (Fsp3) is 0.696. The van der Waals surface area contributed by atoms with Crippen LogP contribution in [0.1, 0.15) is 75.7 Å². The van der Waals surface area contributed by atoms with E-state index < -0.39 is 5.97 Å². The summed E-state index contributed by atoms with van der Waals surface area (Å²) in [7, 11) is 1.61. The van der Waals surface area contributed by atoms with Crippen LogP contribution in [0.15, 0.2) is 24.3 Å². The van der Waals surface area contributed by atoms with E-state index >= 15 is 0 Å². The first-order valence-corrected chi connectivity index (χ1v) is 10.5. The summed E-state index contributed by atoms with van der Waals surface area (Å²) >= 11 is 0. The van der Waals surface area contributed by atoms with Crippen LogP contribution in [0.2, 0.25) is 0 Å². The predicted octanol–water partition coefficient (Wildman–Crippen LogP) is 5.41. The minimum atomic E-state index is -0.800. The van der Waals surface area contributed by atoms with E-state index in [1.165, 1.54) is 57.8 Å². The van der Waals surface area contributed by atoms with Crippen molar-refractivity contribution in [2.45, 2.75) is 70.1 Å². The van der Waals surface area contributed by atoms with Crippen molar-refractivity contribution in [2.24, 2.45) is 11.3 Å². The standard InChI is InChI=1S/C23H34O4/c1-26-17-20(14-22(24)25)19-7-9-21(10-8-19)27-16-18-6-5-13-23(15-18)11-3-2-4-12-23/h7-10,18,20H,2-6,11-17H2,1H3,(H,24,25). The third-order valence-corrected chi connectivity index (χ3v) is 6.58. The van der Waals surface area contributed by atoms with Gasteiger partial charge in [0.25, 0.3) is 0 Å². The molecule has 2 unspecified atom stereocenters. The third-order valence-electron chi connectivity index (χ3n) is 6.58. The third kappa shape index (κ3) is 5.71. The van der Waals surface area contributed by atoms with Gasteiger partial charge in [-0.05, 0) is 61.1 Å². The first kappa shape index (κ1) is 20.2. The van der Waals surface area contributed by atoms with Gasteiger partial charge >= 0.3 is 5.97 Å². The predicted molar refractivity (Wildman–Crippen MR) is 106 cm³/mol. The van der Waals surface area contributed by atoms with Crippen LogP contribution in [-0.2, 0) is 9.53 Å². The minimum Gasteiger partial charge on any atom is -0.493 e. The number of carbonyl (C=O) groups is 1. The normalized spacial score (nSPS) is 23.1. The minimum absolute atomic E-state index is 0.0815. The Bertz CT molecular complexity index is 583. The Balaban J connectivity index is 1.53. The number of aliphatic carboxylic acids is 1. The molecule has 1 spiro atoms. The van der Waals surface area contributed by atoms with Gasteiger partial charge in [0.1, 0.15) is 5.75 Å². The zero-order chi connectivity index (χ0) is 19.1. The Hall–Kier alpha value is -1.55. The molecule has 1 aromatic rings. The van der Waals surface area contributed by atoms with Crippen molar-refractivity contribution in [3.05, 3.63) is 29.8 Å². The quantitative estimate of drug-likeness (QED) is 0.661. The van der Waals surface area contributed by atoms with Crippen LogP contribution in [0.3, 0.4) is 0 Å². The van der Waals surface area contributed by atoms with E-state index in [4.69, 9.17) is 14.6 Å². The summed E-state index contributed by atoms with van der Waals surface area (Å²) < 4.78 is 11.3. The highest BCUT2D eigenvalue weighted by atomic mass is 16.5. The Morgan fingerprint density at radius 3 is 2.52 bits per heavy atom. The maximum Gasteiger partial charge on any atom is 0.304 e. The molecule has 27 heavy (non-hydrogen) atoms. The number of hydrogen-bond donors (Lipinski definition) is 1. The highest BCUT2D eigenvalue weighted by Crippen LogP contribution is 2.49. The van der Waals surface area contributed by atoms with E-state index in [1.54, 1.807) is 7.11 Å². The Morgan fingerprint density at radius 2 is 1.85 bits per heavy atom. The molecule has 2 atom stereocenters. The summed E-state index contributed by atoms with van der Waals surface area (Å²) in [6.45, 7) is 1.22. The summed E-state index contributed by atoms with van der Waals surface area (Å²) in [5.41, 5.74) is 1.60. The SMILES string of the molecule is COCC(CC(=O)O)c1ccc(OCC2CCCC3(CCCCC3)C2)cc1. The summed E-state index contributed by atoms with van der Waals surface area (Å²) in [6, 6.07) is 7.90. The largest absolute Gasteiger partial charge is 0.493 e. The summed E-state index contributed by atoms with van der Waals surface area (Å²) in [6.07, 6.45) is 12.5. The molecule has 4 heteroatoms. The first-order chi connectivity index (χ1) is 13.1. The zero-order valence-electron chi connectivity index (χ0n) is 16.6. The number of hydrogen-bond acceptors (Lipinski definition) is 3. The average Bonchev–Trinajstić information content (AvgIpc) is 2.67. The number of ether oxygens (including phenoxy) is 2. The molecule has 0 radical (unpaired) electrons. The molecule has 0 heterocycles. The van der Waals surface area contributed by atoms with Gasteiger partial charge in [-0.2, -0.15) is 0 Å². The zero-order valence-corrected chi connectivity index (χ0v) is 16.6. The van der Waals surface area contributed by atoms with Crippen LogP contribution in [0.5, 0.6) is 5.75 Å². The van der Waals surface area contributed by atoms with Crippen molar-refractivity contribution in [3.63, 3.8) is 0 Å². The van der Waals surface area contributed by atoms with E-state index in [1.807, 2.05) is 24.3 Å². The summed E-state index contributed by atoms with van der Waals surface area (Å²) in [5.74, 6) is 0.635. The van der Waals surface area contributed by atoms with Crippen LogP contribution in [0, 0.1) is 11.3 Å². The van der Waals surface area contributed by atoms with Crippen molar-refractivity contribution in [2.75, 3.05) is 20.3 Å². The number of rotatable bonds is 8.